The molecule has 2 N–H and O–H groups in total. The maximum Gasteiger partial charge on any atom is 0.160 e. The second kappa shape index (κ2) is 5.61. The van der Waals surface area contributed by atoms with Crippen molar-refractivity contribution >= 4 is 0 Å². The Bertz CT molecular complexity index is 310. The summed E-state index contributed by atoms with van der Waals surface area (Å²) in [5.74, 6) is 1.54. The van der Waals surface area contributed by atoms with Crippen molar-refractivity contribution in [2.75, 3.05) is 14.2 Å². The topological polar surface area (TPSA) is 44.5 Å². The molecule has 1 aromatic rings. The molecular weight excluding hydrogens is 190 g/mol. The van der Waals surface area contributed by atoms with Gasteiger partial charge in [0.1, 0.15) is 0 Å². The number of ether oxygens (including phenoxy) is 2. The molecule has 0 bridgehead atoms. The monoisotopic (exact) mass is 209 g/mol. The van der Waals surface area contributed by atoms with Crippen molar-refractivity contribution < 1.29 is 9.47 Å². The van der Waals surface area contributed by atoms with E-state index in [0.29, 0.717) is 0 Å². The molecule has 0 fully saturated rings. The first-order chi connectivity index (χ1) is 7.17. The van der Waals surface area contributed by atoms with Gasteiger partial charge in [-0.3, -0.25) is 0 Å². The number of benzene rings is 1. The molecule has 0 aromatic heterocycles. The van der Waals surface area contributed by atoms with Gasteiger partial charge in [0.25, 0.3) is 0 Å². The zero-order valence-corrected chi connectivity index (χ0v) is 9.62. The van der Waals surface area contributed by atoms with Crippen molar-refractivity contribution in [3.8, 4) is 11.5 Å². The number of hydrogen-bond donors (Lipinski definition) is 1. The van der Waals surface area contributed by atoms with Crippen LogP contribution in [0.25, 0.3) is 0 Å². The van der Waals surface area contributed by atoms with Crippen LogP contribution in [0.15, 0.2) is 18.2 Å². The van der Waals surface area contributed by atoms with Crippen LogP contribution in [-0.4, -0.2) is 20.3 Å². The number of rotatable bonds is 5. The lowest BCUT2D eigenvalue weighted by Gasteiger charge is -2.10. The minimum absolute atomic E-state index is 0.234. The Balaban J connectivity index is 2.74. The Morgan fingerprint density at radius 3 is 2.40 bits per heavy atom. The second-order valence-electron chi connectivity index (χ2n) is 3.71. The van der Waals surface area contributed by atoms with E-state index in [9.17, 15) is 0 Å². The fourth-order valence-electron chi connectivity index (χ4n) is 1.43. The Labute approximate surface area is 91.2 Å². The largest absolute Gasteiger partial charge is 0.493 e. The van der Waals surface area contributed by atoms with Crippen LogP contribution in [0.5, 0.6) is 11.5 Å². The summed E-state index contributed by atoms with van der Waals surface area (Å²) in [6, 6.07) is 6.21. The third kappa shape index (κ3) is 3.44. The molecule has 1 aromatic carbocycles. The summed E-state index contributed by atoms with van der Waals surface area (Å²) >= 11 is 0. The summed E-state index contributed by atoms with van der Waals surface area (Å²) in [4.78, 5) is 0. The number of methoxy groups -OCH3 is 2. The summed E-state index contributed by atoms with van der Waals surface area (Å²) < 4.78 is 10.4. The molecule has 1 atom stereocenters. The molecule has 15 heavy (non-hydrogen) atoms. The maximum absolute atomic E-state index is 5.71. The molecule has 3 heteroatoms. The fraction of sp³-hybridized carbons (Fsp3) is 0.500. The summed E-state index contributed by atoms with van der Waals surface area (Å²) in [5, 5.41) is 0. The Hall–Kier alpha value is -1.22. The maximum atomic E-state index is 5.71. The minimum atomic E-state index is 0.234. The number of aryl methyl sites for hydroxylation is 1. The van der Waals surface area contributed by atoms with Gasteiger partial charge < -0.3 is 15.2 Å². The third-order valence-electron chi connectivity index (χ3n) is 2.34. The lowest BCUT2D eigenvalue weighted by atomic mass is 10.1. The molecule has 1 rings (SSSR count). The first-order valence-electron chi connectivity index (χ1n) is 5.14. The Morgan fingerprint density at radius 1 is 1.20 bits per heavy atom. The summed E-state index contributed by atoms with van der Waals surface area (Å²) in [7, 11) is 3.28. The number of nitrogens with two attached hydrogens (primary N) is 1. The van der Waals surface area contributed by atoms with E-state index in [-0.39, 0.29) is 6.04 Å². The molecule has 0 saturated carbocycles. The van der Waals surface area contributed by atoms with Crippen molar-refractivity contribution in [2.24, 2.45) is 5.73 Å². The van der Waals surface area contributed by atoms with Gasteiger partial charge in [-0.25, -0.2) is 0 Å². The second-order valence-corrected chi connectivity index (χ2v) is 3.71. The van der Waals surface area contributed by atoms with E-state index in [1.807, 2.05) is 25.1 Å². The average Bonchev–Trinajstić information content (AvgIpc) is 2.25. The molecule has 0 heterocycles. The molecule has 0 aliphatic rings. The van der Waals surface area contributed by atoms with E-state index in [1.54, 1.807) is 14.2 Å². The normalized spacial score (nSPS) is 12.3. The van der Waals surface area contributed by atoms with Gasteiger partial charge in [-0.1, -0.05) is 6.07 Å². The van der Waals surface area contributed by atoms with Crippen molar-refractivity contribution in [3.63, 3.8) is 0 Å². The third-order valence-corrected chi connectivity index (χ3v) is 2.34. The van der Waals surface area contributed by atoms with E-state index in [0.717, 1.165) is 24.3 Å². The van der Waals surface area contributed by atoms with E-state index in [1.165, 1.54) is 5.56 Å². The average molecular weight is 209 g/mol. The van der Waals surface area contributed by atoms with Gasteiger partial charge in [-0.05, 0) is 37.5 Å². The van der Waals surface area contributed by atoms with Gasteiger partial charge in [-0.15, -0.1) is 0 Å². The van der Waals surface area contributed by atoms with E-state index >= 15 is 0 Å². The highest BCUT2D eigenvalue weighted by molar-refractivity contribution is 5.42. The lowest BCUT2D eigenvalue weighted by molar-refractivity contribution is 0.354. The molecule has 0 amide bonds. The summed E-state index contributed by atoms with van der Waals surface area (Å²) in [6.07, 6.45) is 1.95. The number of hydrogen-bond acceptors (Lipinski definition) is 3. The molecule has 0 aliphatic carbocycles. The highest BCUT2D eigenvalue weighted by atomic mass is 16.5. The van der Waals surface area contributed by atoms with Gasteiger partial charge >= 0.3 is 0 Å². The lowest BCUT2D eigenvalue weighted by Crippen LogP contribution is -2.15. The van der Waals surface area contributed by atoms with Crippen LogP contribution in [-0.2, 0) is 6.42 Å². The van der Waals surface area contributed by atoms with Crippen LogP contribution in [0, 0.1) is 0 Å². The van der Waals surface area contributed by atoms with Gasteiger partial charge in [-0.2, -0.15) is 0 Å². The molecule has 0 saturated heterocycles. The van der Waals surface area contributed by atoms with E-state index in [4.69, 9.17) is 15.2 Å². The Morgan fingerprint density at radius 2 is 1.87 bits per heavy atom. The van der Waals surface area contributed by atoms with E-state index in [2.05, 4.69) is 0 Å². The van der Waals surface area contributed by atoms with Gasteiger partial charge in [0.15, 0.2) is 11.5 Å². The molecular formula is C12H19NO2. The van der Waals surface area contributed by atoms with Crippen LogP contribution in [0.4, 0.5) is 0 Å². The SMILES string of the molecule is COc1ccc(CCC(C)N)cc1OC. The molecule has 0 radical (unpaired) electrons. The highest BCUT2D eigenvalue weighted by Gasteiger charge is 2.04. The van der Waals surface area contributed by atoms with Crippen molar-refractivity contribution in [1.82, 2.24) is 0 Å². The molecule has 0 spiro atoms. The first-order valence-corrected chi connectivity index (χ1v) is 5.14. The van der Waals surface area contributed by atoms with Crippen LogP contribution in [0.1, 0.15) is 18.9 Å². The summed E-state index contributed by atoms with van der Waals surface area (Å²) in [5.41, 5.74) is 6.94. The van der Waals surface area contributed by atoms with Crippen molar-refractivity contribution in [2.45, 2.75) is 25.8 Å². The standard InChI is InChI=1S/C12H19NO2/c1-9(13)4-5-10-6-7-11(14-2)12(8-10)15-3/h6-9H,4-5,13H2,1-3H3. The predicted octanol–water partition coefficient (Wildman–Crippen LogP) is 1.98. The van der Waals surface area contributed by atoms with Crippen LogP contribution in [0.2, 0.25) is 0 Å². The van der Waals surface area contributed by atoms with Gasteiger partial charge in [0.05, 0.1) is 14.2 Å². The van der Waals surface area contributed by atoms with E-state index < -0.39 is 0 Å². The highest BCUT2D eigenvalue weighted by Crippen LogP contribution is 2.27. The smallest absolute Gasteiger partial charge is 0.160 e. The van der Waals surface area contributed by atoms with Crippen LogP contribution in [0.3, 0.4) is 0 Å². The molecule has 84 valence electrons. The molecule has 0 aliphatic heterocycles. The van der Waals surface area contributed by atoms with Gasteiger partial charge in [0.2, 0.25) is 0 Å². The minimum Gasteiger partial charge on any atom is -0.493 e. The first kappa shape index (κ1) is 11.9. The Kier molecular flexibility index (Phi) is 4.43. The molecule has 1 unspecified atom stereocenters. The zero-order valence-electron chi connectivity index (χ0n) is 9.62. The van der Waals surface area contributed by atoms with Crippen LogP contribution < -0.4 is 15.2 Å². The predicted molar refractivity (Wildman–Crippen MR) is 61.5 cm³/mol. The van der Waals surface area contributed by atoms with Crippen molar-refractivity contribution in [1.29, 1.82) is 0 Å². The molecule has 3 nitrogen and oxygen atoms in total. The zero-order chi connectivity index (χ0) is 11.3. The summed E-state index contributed by atoms with van der Waals surface area (Å²) in [6.45, 7) is 2.01. The van der Waals surface area contributed by atoms with Gasteiger partial charge in [0, 0.05) is 6.04 Å². The van der Waals surface area contributed by atoms with Crippen LogP contribution >= 0.6 is 0 Å². The quantitative estimate of drug-likeness (QED) is 0.806. The van der Waals surface area contributed by atoms with Crippen molar-refractivity contribution in [3.05, 3.63) is 23.8 Å². The fourth-order valence-corrected chi connectivity index (χ4v) is 1.43.